The summed E-state index contributed by atoms with van der Waals surface area (Å²) < 4.78 is 5.34. The molecule has 0 aliphatic rings. The topological polar surface area (TPSA) is 45.5 Å². The maximum Gasteiger partial charge on any atom is 0.254 e. The Kier molecular flexibility index (Phi) is 4.35. The van der Waals surface area contributed by atoms with Crippen LogP contribution in [0.5, 0.6) is 0 Å². The van der Waals surface area contributed by atoms with Gasteiger partial charge in [-0.15, -0.1) is 0 Å². The molecule has 1 atom stereocenters. The predicted molar refractivity (Wildman–Crippen MR) is 80.2 cm³/mol. The van der Waals surface area contributed by atoms with Crippen molar-refractivity contribution in [3.63, 3.8) is 0 Å². The molecule has 1 unspecified atom stereocenters. The molecule has 106 valence electrons. The number of hydrogen-bond acceptors (Lipinski definition) is 3. The Morgan fingerprint density at radius 2 is 2.10 bits per heavy atom. The first-order valence-corrected chi connectivity index (χ1v) is 6.68. The molecule has 1 N–H and O–H groups in total. The Hall–Kier alpha value is -1.94. The molecule has 2 aromatic rings. The van der Waals surface area contributed by atoms with Gasteiger partial charge in [-0.05, 0) is 37.3 Å². The number of hydrogen-bond donors (Lipinski definition) is 1. The largest absolute Gasteiger partial charge is 0.467 e. The fraction of sp³-hybridized carbons (Fsp3) is 0.267. The highest BCUT2D eigenvalue weighted by atomic mass is 35.5. The van der Waals surface area contributed by atoms with Crippen molar-refractivity contribution < 1.29 is 9.21 Å². The summed E-state index contributed by atoms with van der Waals surface area (Å²) in [6.07, 6.45) is 1.64. The molecule has 0 saturated carbocycles. The minimum Gasteiger partial charge on any atom is -0.467 e. The SMILES string of the molecule is CC(Nc1ccc(Cl)c(C(=O)N(C)C)c1)c1ccco1. The second-order valence-corrected chi connectivity index (χ2v) is 5.18. The number of halogens is 1. The van der Waals surface area contributed by atoms with Crippen molar-refractivity contribution >= 4 is 23.2 Å². The zero-order chi connectivity index (χ0) is 14.7. The standard InChI is InChI=1S/C15H17ClN2O2/c1-10(14-5-4-8-20-14)17-11-6-7-13(16)12(9-11)15(19)18(2)3/h4-10,17H,1-3H3. The van der Waals surface area contributed by atoms with Crippen molar-refractivity contribution in [1.82, 2.24) is 4.90 Å². The van der Waals surface area contributed by atoms with Gasteiger partial charge in [-0.2, -0.15) is 0 Å². The van der Waals surface area contributed by atoms with E-state index >= 15 is 0 Å². The maximum absolute atomic E-state index is 12.0. The molecule has 0 fully saturated rings. The van der Waals surface area contributed by atoms with E-state index in [9.17, 15) is 4.79 Å². The quantitative estimate of drug-likeness (QED) is 0.932. The van der Waals surface area contributed by atoms with Gasteiger partial charge in [0.1, 0.15) is 5.76 Å². The first-order valence-electron chi connectivity index (χ1n) is 6.30. The molecular formula is C15H17ClN2O2. The van der Waals surface area contributed by atoms with Crippen LogP contribution in [0.15, 0.2) is 41.0 Å². The molecule has 1 heterocycles. The van der Waals surface area contributed by atoms with E-state index in [-0.39, 0.29) is 11.9 Å². The van der Waals surface area contributed by atoms with Crippen LogP contribution < -0.4 is 5.32 Å². The van der Waals surface area contributed by atoms with Crippen molar-refractivity contribution in [1.29, 1.82) is 0 Å². The molecule has 0 bridgehead atoms. The van der Waals surface area contributed by atoms with Crippen molar-refractivity contribution in [2.24, 2.45) is 0 Å². The van der Waals surface area contributed by atoms with Gasteiger partial charge in [0, 0.05) is 19.8 Å². The van der Waals surface area contributed by atoms with Crippen LogP contribution in [-0.4, -0.2) is 24.9 Å². The van der Waals surface area contributed by atoms with Gasteiger partial charge in [-0.3, -0.25) is 4.79 Å². The smallest absolute Gasteiger partial charge is 0.254 e. The van der Waals surface area contributed by atoms with E-state index in [1.54, 1.807) is 32.5 Å². The summed E-state index contributed by atoms with van der Waals surface area (Å²) in [5, 5.41) is 3.73. The lowest BCUT2D eigenvalue weighted by molar-refractivity contribution is 0.0828. The summed E-state index contributed by atoms with van der Waals surface area (Å²) in [6.45, 7) is 1.99. The van der Waals surface area contributed by atoms with Gasteiger partial charge in [0.05, 0.1) is 22.9 Å². The molecule has 0 radical (unpaired) electrons. The summed E-state index contributed by atoms with van der Waals surface area (Å²) in [4.78, 5) is 13.5. The molecule has 1 amide bonds. The normalized spacial score (nSPS) is 12.0. The molecule has 1 aromatic heterocycles. The number of furan rings is 1. The molecule has 0 saturated heterocycles. The van der Waals surface area contributed by atoms with E-state index in [0.29, 0.717) is 10.6 Å². The minimum atomic E-state index is -0.121. The second kappa shape index (κ2) is 6.01. The Morgan fingerprint density at radius 3 is 2.70 bits per heavy atom. The number of nitrogens with zero attached hydrogens (tertiary/aromatic N) is 1. The molecule has 0 spiro atoms. The first-order chi connectivity index (χ1) is 9.49. The van der Waals surface area contributed by atoms with Crippen molar-refractivity contribution in [2.45, 2.75) is 13.0 Å². The molecule has 0 aliphatic carbocycles. The highest BCUT2D eigenvalue weighted by Gasteiger charge is 2.14. The maximum atomic E-state index is 12.0. The predicted octanol–water partition coefficient (Wildman–Crippen LogP) is 3.81. The van der Waals surface area contributed by atoms with E-state index in [2.05, 4.69) is 5.32 Å². The van der Waals surface area contributed by atoms with Crippen LogP contribution in [0.25, 0.3) is 0 Å². The Labute approximate surface area is 123 Å². The lowest BCUT2D eigenvalue weighted by Crippen LogP contribution is -2.22. The molecule has 2 rings (SSSR count). The minimum absolute atomic E-state index is 0.00786. The van der Waals surface area contributed by atoms with Crippen molar-refractivity contribution in [2.75, 3.05) is 19.4 Å². The van der Waals surface area contributed by atoms with E-state index in [1.165, 1.54) is 4.90 Å². The number of benzene rings is 1. The van der Waals surface area contributed by atoms with Crippen LogP contribution in [0.3, 0.4) is 0 Å². The third-order valence-electron chi connectivity index (χ3n) is 2.96. The Balaban J connectivity index is 2.21. The van der Waals surface area contributed by atoms with E-state index < -0.39 is 0 Å². The van der Waals surface area contributed by atoms with Crippen molar-refractivity contribution in [3.05, 3.63) is 52.9 Å². The van der Waals surface area contributed by atoms with Gasteiger partial charge >= 0.3 is 0 Å². The average Bonchev–Trinajstić information content (AvgIpc) is 2.94. The fourth-order valence-electron chi connectivity index (χ4n) is 1.88. The first kappa shape index (κ1) is 14.5. The van der Waals surface area contributed by atoms with Crippen LogP contribution in [0.2, 0.25) is 5.02 Å². The summed E-state index contributed by atoms with van der Waals surface area (Å²) in [6, 6.07) is 9.07. The highest BCUT2D eigenvalue weighted by molar-refractivity contribution is 6.34. The number of nitrogens with one attached hydrogen (secondary N) is 1. The van der Waals surface area contributed by atoms with Gasteiger partial charge in [0.25, 0.3) is 5.91 Å². The van der Waals surface area contributed by atoms with Gasteiger partial charge in [-0.25, -0.2) is 0 Å². The van der Waals surface area contributed by atoms with Gasteiger partial charge < -0.3 is 14.6 Å². The van der Waals surface area contributed by atoms with Crippen LogP contribution >= 0.6 is 11.6 Å². The number of amides is 1. The van der Waals surface area contributed by atoms with Crippen molar-refractivity contribution in [3.8, 4) is 0 Å². The van der Waals surface area contributed by atoms with Gasteiger partial charge in [0.15, 0.2) is 0 Å². The van der Waals surface area contributed by atoms with Crippen LogP contribution in [0, 0.1) is 0 Å². The van der Waals surface area contributed by atoms with Crippen LogP contribution in [0.4, 0.5) is 5.69 Å². The van der Waals surface area contributed by atoms with Crippen LogP contribution in [0.1, 0.15) is 29.1 Å². The number of carbonyl (C=O) groups is 1. The molecular weight excluding hydrogens is 276 g/mol. The Bertz CT molecular complexity index is 594. The average molecular weight is 293 g/mol. The second-order valence-electron chi connectivity index (χ2n) is 4.78. The van der Waals surface area contributed by atoms with Crippen LogP contribution in [-0.2, 0) is 0 Å². The van der Waals surface area contributed by atoms with Gasteiger partial charge in [-0.1, -0.05) is 11.6 Å². The highest BCUT2D eigenvalue weighted by Crippen LogP contribution is 2.25. The lowest BCUT2D eigenvalue weighted by Gasteiger charge is -2.16. The molecule has 1 aromatic carbocycles. The third-order valence-corrected chi connectivity index (χ3v) is 3.29. The molecule has 4 nitrogen and oxygen atoms in total. The monoisotopic (exact) mass is 292 g/mol. The number of rotatable bonds is 4. The summed E-state index contributed by atoms with van der Waals surface area (Å²) >= 11 is 6.08. The zero-order valence-corrected chi connectivity index (χ0v) is 12.4. The van der Waals surface area contributed by atoms with E-state index in [0.717, 1.165) is 11.4 Å². The third kappa shape index (κ3) is 3.14. The molecule has 5 heteroatoms. The van der Waals surface area contributed by atoms with E-state index in [1.807, 2.05) is 25.1 Å². The molecule has 20 heavy (non-hydrogen) atoms. The van der Waals surface area contributed by atoms with Gasteiger partial charge in [0.2, 0.25) is 0 Å². The zero-order valence-electron chi connectivity index (χ0n) is 11.7. The molecule has 0 aliphatic heterocycles. The summed E-state index contributed by atoms with van der Waals surface area (Å²) in [5.41, 5.74) is 1.30. The fourth-order valence-corrected chi connectivity index (χ4v) is 2.08. The number of anilines is 1. The summed E-state index contributed by atoms with van der Waals surface area (Å²) in [7, 11) is 3.40. The lowest BCUT2D eigenvalue weighted by atomic mass is 10.1. The summed E-state index contributed by atoms with van der Waals surface area (Å²) in [5.74, 6) is 0.713. The number of carbonyl (C=O) groups excluding carboxylic acids is 1. The van der Waals surface area contributed by atoms with E-state index in [4.69, 9.17) is 16.0 Å². The Morgan fingerprint density at radius 1 is 1.35 bits per heavy atom.